The molecule has 8 nitrogen and oxygen atoms in total. The van der Waals surface area contributed by atoms with E-state index >= 15 is 0 Å². The summed E-state index contributed by atoms with van der Waals surface area (Å²) in [5.74, 6) is 1.58. The number of nitrogens with zero attached hydrogens (tertiary/aromatic N) is 2. The van der Waals surface area contributed by atoms with Gasteiger partial charge in [0.1, 0.15) is 0 Å². The molecule has 1 saturated carbocycles. The molecule has 162 valence electrons. The number of nitrogens with two attached hydrogens (primary N) is 1. The lowest BCUT2D eigenvalue weighted by Crippen LogP contribution is -2.69. The number of carbonyl (C=O) groups excluding carboxylic acids is 2. The van der Waals surface area contributed by atoms with Crippen molar-refractivity contribution in [2.75, 3.05) is 31.7 Å². The highest BCUT2D eigenvalue weighted by molar-refractivity contribution is 6.00. The number of anilines is 1. The first-order valence-corrected chi connectivity index (χ1v) is 11.1. The maximum atomic E-state index is 13.5. The molecule has 1 spiro atoms. The summed E-state index contributed by atoms with van der Waals surface area (Å²) in [4.78, 5) is 29.7. The van der Waals surface area contributed by atoms with Crippen molar-refractivity contribution in [3.8, 4) is 11.5 Å². The van der Waals surface area contributed by atoms with E-state index in [1.165, 1.54) is 12.7 Å². The van der Waals surface area contributed by atoms with Crippen molar-refractivity contribution in [1.29, 1.82) is 0 Å². The Balaban J connectivity index is 1.49. The monoisotopic (exact) mass is 423 g/mol. The van der Waals surface area contributed by atoms with Gasteiger partial charge < -0.3 is 24.8 Å². The zero-order valence-electron chi connectivity index (χ0n) is 17.4. The number of rotatable bonds is 2. The largest absolute Gasteiger partial charge is 0.493 e. The number of hydrogen-bond donors (Lipinski definition) is 1. The number of ether oxygens (including phenoxy) is 3. The fraction of sp³-hybridized carbons (Fsp3) is 0.565. The third-order valence-electron chi connectivity index (χ3n) is 8.81. The van der Waals surface area contributed by atoms with Crippen LogP contribution >= 0.6 is 0 Å². The second kappa shape index (κ2) is 5.81. The molecular formula is C23H25N3O5. The Morgan fingerprint density at radius 2 is 2.19 bits per heavy atom. The Morgan fingerprint density at radius 1 is 1.32 bits per heavy atom. The van der Waals surface area contributed by atoms with Gasteiger partial charge in [-0.2, -0.15) is 0 Å². The van der Waals surface area contributed by atoms with Gasteiger partial charge in [0, 0.05) is 30.0 Å². The third-order valence-corrected chi connectivity index (χ3v) is 8.81. The van der Waals surface area contributed by atoms with E-state index in [0.29, 0.717) is 36.5 Å². The number of amides is 2. The predicted octanol–water partition coefficient (Wildman–Crippen LogP) is 1.56. The summed E-state index contributed by atoms with van der Waals surface area (Å²) in [7, 11) is 1.53. The average molecular weight is 423 g/mol. The molecule has 0 aromatic heterocycles. The van der Waals surface area contributed by atoms with Gasteiger partial charge in [-0.1, -0.05) is 11.6 Å². The minimum Gasteiger partial charge on any atom is -0.493 e. The van der Waals surface area contributed by atoms with Gasteiger partial charge in [-0.3, -0.25) is 9.69 Å². The lowest BCUT2D eigenvalue weighted by atomic mass is 9.53. The normalized spacial score (nSPS) is 39.0. The fourth-order valence-electron chi connectivity index (χ4n) is 7.90. The highest BCUT2D eigenvalue weighted by Crippen LogP contribution is 2.66. The fourth-order valence-corrected chi connectivity index (χ4v) is 7.90. The topological polar surface area (TPSA) is 94.3 Å². The van der Waals surface area contributed by atoms with Gasteiger partial charge in [0.2, 0.25) is 5.91 Å². The van der Waals surface area contributed by atoms with Crippen molar-refractivity contribution < 1.29 is 23.8 Å². The first-order valence-electron chi connectivity index (χ1n) is 11.1. The van der Waals surface area contributed by atoms with E-state index in [1.807, 2.05) is 17.0 Å². The molecule has 5 aliphatic heterocycles. The van der Waals surface area contributed by atoms with Gasteiger partial charge in [0.15, 0.2) is 11.5 Å². The van der Waals surface area contributed by atoms with Gasteiger partial charge in [-0.05, 0) is 36.9 Å². The number of carbonyl (C=O) groups is 2. The lowest BCUT2D eigenvalue weighted by molar-refractivity contribution is -0.132. The van der Waals surface area contributed by atoms with E-state index in [4.69, 9.17) is 19.9 Å². The molecule has 7 rings (SSSR count). The van der Waals surface area contributed by atoms with E-state index in [0.717, 1.165) is 37.2 Å². The summed E-state index contributed by atoms with van der Waals surface area (Å²) in [6, 6.07) is 4.18. The molecule has 1 aliphatic carbocycles. The number of primary amides is 1. The summed E-state index contributed by atoms with van der Waals surface area (Å²) < 4.78 is 17.1. The SMILES string of the molecule is COc1cc2c(cc1OC(N)=O)[C@@]13CCN4CC5=CCO[C@H]6CC(=O)N2[C@H]1[C@H]6[C@H]5C[C@H]43. The summed E-state index contributed by atoms with van der Waals surface area (Å²) in [5, 5.41) is 0. The van der Waals surface area contributed by atoms with Crippen LogP contribution in [0.3, 0.4) is 0 Å². The molecule has 2 bridgehead atoms. The van der Waals surface area contributed by atoms with Crippen LogP contribution in [0.25, 0.3) is 0 Å². The maximum absolute atomic E-state index is 13.5. The smallest absolute Gasteiger partial charge is 0.410 e. The van der Waals surface area contributed by atoms with Gasteiger partial charge in [-0.15, -0.1) is 0 Å². The Hall–Kier alpha value is -2.58. The summed E-state index contributed by atoms with van der Waals surface area (Å²) in [6.45, 7) is 2.58. The Labute approximate surface area is 179 Å². The minimum absolute atomic E-state index is 0.0463. The summed E-state index contributed by atoms with van der Waals surface area (Å²) >= 11 is 0. The first-order chi connectivity index (χ1) is 15.0. The number of methoxy groups -OCH3 is 1. The third kappa shape index (κ3) is 2.03. The van der Waals surface area contributed by atoms with Crippen LogP contribution < -0.4 is 20.1 Å². The second-order valence-electron chi connectivity index (χ2n) is 9.70. The highest BCUT2D eigenvalue weighted by Gasteiger charge is 2.71. The Kier molecular flexibility index (Phi) is 3.38. The molecule has 8 heteroatoms. The minimum atomic E-state index is -0.871. The molecule has 5 heterocycles. The van der Waals surface area contributed by atoms with Crippen LogP contribution in [0.4, 0.5) is 10.5 Å². The quantitative estimate of drug-likeness (QED) is 0.726. The van der Waals surface area contributed by atoms with Crippen LogP contribution in [0.2, 0.25) is 0 Å². The first kappa shape index (κ1) is 18.0. The van der Waals surface area contributed by atoms with Gasteiger partial charge in [-0.25, -0.2) is 4.79 Å². The Morgan fingerprint density at radius 3 is 3.00 bits per heavy atom. The molecule has 4 fully saturated rings. The van der Waals surface area contributed by atoms with Crippen molar-refractivity contribution in [3.63, 3.8) is 0 Å². The van der Waals surface area contributed by atoms with Crippen molar-refractivity contribution in [2.24, 2.45) is 17.6 Å². The van der Waals surface area contributed by atoms with E-state index in [-0.39, 0.29) is 29.4 Å². The van der Waals surface area contributed by atoms with Crippen molar-refractivity contribution in [3.05, 3.63) is 29.3 Å². The molecule has 1 aromatic rings. The summed E-state index contributed by atoms with van der Waals surface area (Å²) in [5.41, 5.74) is 8.61. The molecule has 2 N–H and O–H groups in total. The summed E-state index contributed by atoms with van der Waals surface area (Å²) in [6.07, 6.45) is 3.82. The van der Waals surface area contributed by atoms with Crippen LogP contribution in [-0.4, -0.2) is 61.9 Å². The second-order valence-corrected chi connectivity index (χ2v) is 9.70. The lowest BCUT2D eigenvalue weighted by Gasteiger charge is -2.58. The van der Waals surface area contributed by atoms with Crippen molar-refractivity contribution >= 4 is 17.7 Å². The number of piperidine rings is 2. The highest BCUT2D eigenvalue weighted by atomic mass is 16.6. The predicted molar refractivity (Wildman–Crippen MR) is 110 cm³/mol. The van der Waals surface area contributed by atoms with Crippen LogP contribution in [0, 0.1) is 11.8 Å². The van der Waals surface area contributed by atoms with Crippen molar-refractivity contribution in [2.45, 2.75) is 42.9 Å². The number of hydrogen-bond acceptors (Lipinski definition) is 6. The van der Waals surface area contributed by atoms with Gasteiger partial charge in [0.05, 0.1) is 38.0 Å². The molecule has 6 atom stereocenters. The van der Waals surface area contributed by atoms with Crippen LogP contribution in [0.15, 0.2) is 23.8 Å². The van der Waals surface area contributed by atoms with Crippen LogP contribution in [-0.2, 0) is 14.9 Å². The van der Waals surface area contributed by atoms with E-state index < -0.39 is 6.09 Å². The number of benzene rings is 1. The van der Waals surface area contributed by atoms with Gasteiger partial charge >= 0.3 is 6.09 Å². The Bertz CT molecular complexity index is 1070. The molecule has 3 saturated heterocycles. The van der Waals surface area contributed by atoms with E-state index in [1.54, 1.807) is 0 Å². The zero-order valence-corrected chi connectivity index (χ0v) is 17.4. The van der Waals surface area contributed by atoms with Gasteiger partial charge in [0.25, 0.3) is 0 Å². The molecule has 31 heavy (non-hydrogen) atoms. The zero-order chi connectivity index (χ0) is 21.1. The maximum Gasteiger partial charge on any atom is 0.410 e. The number of fused-ring (bicyclic) bond motifs is 2. The van der Waals surface area contributed by atoms with E-state index in [9.17, 15) is 9.59 Å². The average Bonchev–Trinajstić information content (AvgIpc) is 3.20. The molecule has 0 radical (unpaired) electrons. The standard InChI is InChI=1S/C23H25N3O5/c1-29-15-8-14-13(7-16(15)31-22(24)28)23-3-4-25-10-11-2-5-30-17-9-19(27)26(14)21(23)20(17)12(11)6-18(23)25/h2,7-8,12,17-18,20-21H,3-6,9-10H2,1H3,(H2,24,28)/t12-,17-,18-,20-,21-,23+/m0/s1. The molecule has 2 amide bonds. The van der Waals surface area contributed by atoms with Crippen molar-refractivity contribution in [1.82, 2.24) is 4.90 Å². The van der Waals surface area contributed by atoms with Crippen LogP contribution in [0.5, 0.6) is 11.5 Å². The molecule has 6 aliphatic rings. The molecular weight excluding hydrogens is 398 g/mol. The van der Waals surface area contributed by atoms with E-state index in [2.05, 4.69) is 11.0 Å². The molecule has 0 unspecified atom stereocenters. The molecule has 1 aromatic carbocycles. The van der Waals surface area contributed by atoms with Crippen LogP contribution in [0.1, 0.15) is 24.8 Å².